The van der Waals surface area contributed by atoms with Crippen molar-refractivity contribution in [3.05, 3.63) is 17.3 Å². The second kappa shape index (κ2) is 6.22. The summed E-state index contributed by atoms with van der Waals surface area (Å²) < 4.78 is 30.3. The molecule has 0 amide bonds. The van der Waals surface area contributed by atoms with E-state index >= 15 is 0 Å². The van der Waals surface area contributed by atoms with Crippen LogP contribution in [0.15, 0.2) is 16.0 Å². The van der Waals surface area contributed by atoms with Crippen molar-refractivity contribution in [2.75, 3.05) is 10.5 Å². The fourth-order valence-corrected chi connectivity index (χ4v) is 3.13. The zero-order valence-electron chi connectivity index (χ0n) is 11.1. The normalized spacial score (nSPS) is 11.5. The summed E-state index contributed by atoms with van der Waals surface area (Å²) in [5.74, 6) is -0.425. The van der Waals surface area contributed by atoms with E-state index in [1.54, 1.807) is 18.4 Å². The summed E-state index contributed by atoms with van der Waals surface area (Å²) in [7, 11) is -3.32. The van der Waals surface area contributed by atoms with E-state index in [9.17, 15) is 13.2 Å². The van der Waals surface area contributed by atoms with E-state index in [0.717, 1.165) is 0 Å². The molecule has 0 saturated carbocycles. The number of hydrogen-bond acceptors (Lipinski definition) is 7. The molecule has 0 bridgehead atoms. The quantitative estimate of drug-likeness (QED) is 0.789. The van der Waals surface area contributed by atoms with Crippen LogP contribution in [-0.2, 0) is 21.2 Å². The minimum absolute atomic E-state index is 0.0121. The monoisotopic (exact) mass is 331 g/mol. The Morgan fingerprint density at radius 2 is 2.29 bits per heavy atom. The van der Waals surface area contributed by atoms with Crippen LogP contribution in [0.3, 0.4) is 0 Å². The van der Waals surface area contributed by atoms with Gasteiger partial charge in [-0.15, -0.1) is 11.3 Å². The average molecular weight is 331 g/mol. The number of thiophene rings is 1. The van der Waals surface area contributed by atoms with Crippen molar-refractivity contribution in [1.82, 2.24) is 10.1 Å². The fraction of sp³-hybridized carbons (Fsp3) is 0.364. The topological polar surface area (TPSA) is 122 Å². The van der Waals surface area contributed by atoms with E-state index in [1.807, 2.05) is 0 Å². The summed E-state index contributed by atoms with van der Waals surface area (Å²) in [5, 5.41) is 14.5. The first-order chi connectivity index (χ1) is 9.89. The highest BCUT2D eigenvalue weighted by Crippen LogP contribution is 2.28. The molecule has 0 aliphatic heterocycles. The van der Waals surface area contributed by atoms with Crippen molar-refractivity contribution in [3.63, 3.8) is 0 Å². The zero-order valence-corrected chi connectivity index (χ0v) is 12.7. The minimum atomic E-state index is -3.32. The van der Waals surface area contributed by atoms with E-state index in [4.69, 9.17) is 9.63 Å². The number of nitrogens with zero attached hydrogens (tertiary/aromatic N) is 2. The lowest BCUT2D eigenvalue weighted by molar-refractivity contribution is -0.137. The fourth-order valence-electron chi connectivity index (χ4n) is 1.42. The standard InChI is InChI=1S/C11H13N3O5S2/c1-2-21(17,18)14-9-5-7(6-20-9)11-12-8(19-13-11)3-4-10(15)16/h5-6,14H,2-4H2,1H3,(H,15,16). The molecule has 2 aromatic rings. The van der Waals surface area contributed by atoms with Gasteiger partial charge in [-0.05, 0) is 13.0 Å². The molecule has 0 fully saturated rings. The van der Waals surface area contributed by atoms with Crippen molar-refractivity contribution in [2.24, 2.45) is 0 Å². The summed E-state index contributed by atoms with van der Waals surface area (Å²) in [6.45, 7) is 1.55. The van der Waals surface area contributed by atoms with Gasteiger partial charge in [-0.2, -0.15) is 4.98 Å². The Kier molecular flexibility index (Phi) is 4.58. The molecule has 8 nitrogen and oxygen atoms in total. The van der Waals surface area contributed by atoms with Crippen LogP contribution < -0.4 is 4.72 Å². The maximum absolute atomic E-state index is 11.5. The first-order valence-corrected chi connectivity index (χ1v) is 8.56. The van der Waals surface area contributed by atoms with Crippen LogP contribution in [0.25, 0.3) is 11.4 Å². The number of sulfonamides is 1. The number of aromatic nitrogens is 2. The molecule has 2 aromatic heterocycles. The maximum Gasteiger partial charge on any atom is 0.303 e. The van der Waals surface area contributed by atoms with Crippen molar-refractivity contribution in [3.8, 4) is 11.4 Å². The predicted octanol–water partition coefficient (Wildman–Crippen LogP) is 1.58. The third-order valence-corrected chi connectivity index (χ3v) is 4.78. The highest BCUT2D eigenvalue weighted by atomic mass is 32.2. The van der Waals surface area contributed by atoms with E-state index in [2.05, 4.69) is 14.9 Å². The molecular weight excluding hydrogens is 318 g/mol. The Labute approximate surface area is 124 Å². The third-order valence-electron chi connectivity index (χ3n) is 2.51. The van der Waals surface area contributed by atoms with E-state index in [-0.39, 0.29) is 24.5 Å². The molecule has 114 valence electrons. The van der Waals surface area contributed by atoms with Gasteiger partial charge < -0.3 is 9.63 Å². The predicted molar refractivity (Wildman–Crippen MR) is 76.7 cm³/mol. The molecule has 0 atom stereocenters. The molecule has 0 aliphatic rings. The van der Waals surface area contributed by atoms with Crippen molar-refractivity contribution >= 4 is 32.3 Å². The smallest absolute Gasteiger partial charge is 0.303 e. The van der Waals surface area contributed by atoms with Gasteiger partial charge in [-0.25, -0.2) is 8.42 Å². The Morgan fingerprint density at radius 1 is 1.52 bits per heavy atom. The molecule has 21 heavy (non-hydrogen) atoms. The number of hydrogen-bond donors (Lipinski definition) is 2. The number of carboxylic acid groups (broad SMARTS) is 1. The number of anilines is 1. The number of carboxylic acids is 1. The molecule has 2 heterocycles. The number of nitrogens with one attached hydrogen (secondary N) is 1. The van der Waals surface area contributed by atoms with Crippen molar-refractivity contribution in [1.29, 1.82) is 0 Å². The number of rotatable bonds is 7. The summed E-state index contributed by atoms with van der Waals surface area (Å²) in [4.78, 5) is 14.5. The molecule has 2 rings (SSSR count). The SMILES string of the molecule is CCS(=O)(=O)Nc1cc(-c2noc(CCC(=O)O)n2)cs1. The van der Waals surface area contributed by atoms with Crippen LogP contribution in [0.5, 0.6) is 0 Å². The van der Waals surface area contributed by atoms with Crippen LogP contribution in [-0.4, -0.2) is 35.4 Å². The minimum Gasteiger partial charge on any atom is -0.481 e. The number of aryl methyl sites for hydroxylation is 1. The van der Waals surface area contributed by atoms with Gasteiger partial charge in [-0.3, -0.25) is 9.52 Å². The largest absolute Gasteiger partial charge is 0.481 e. The zero-order chi connectivity index (χ0) is 15.5. The Balaban J connectivity index is 2.09. The Hall–Kier alpha value is -1.94. The van der Waals surface area contributed by atoms with Crippen molar-refractivity contribution < 1.29 is 22.8 Å². The molecule has 0 radical (unpaired) electrons. The van der Waals surface area contributed by atoms with Crippen LogP contribution in [0.2, 0.25) is 0 Å². The van der Waals surface area contributed by atoms with Crippen LogP contribution in [0, 0.1) is 0 Å². The lowest BCUT2D eigenvalue weighted by atomic mass is 10.3. The lowest BCUT2D eigenvalue weighted by Crippen LogP contribution is -2.13. The maximum atomic E-state index is 11.5. The highest BCUT2D eigenvalue weighted by molar-refractivity contribution is 7.92. The van der Waals surface area contributed by atoms with Gasteiger partial charge in [0.1, 0.15) is 5.00 Å². The molecule has 0 spiro atoms. The molecule has 0 aromatic carbocycles. The number of aliphatic carboxylic acids is 1. The van der Waals surface area contributed by atoms with Crippen LogP contribution in [0.1, 0.15) is 19.2 Å². The molecule has 0 saturated heterocycles. The molecule has 0 aliphatic carbocycles. The summed E-state index contributed by atoms with van der Waals surface area (Å²) in [6.07, 6.45) is 0.0641. The van der Waals surface area contributed by atoms with Gasteiger partial charge in [0, 0.05) is 17.4 Å². The Morgan fingerprint density at radius 3 is 2.95 bits per heavy atom. The van der Waals surface area contributed by atoms with E-state index in [1.165, 1.54) is 11.3 Å². The van der Waals surface area contributed by atoms with Gasteiger partial charge >= 0.3 is 5.97 Å². The second-order valence-corrected chi connectivity index (χ2v) is 7.03. The summed E-state index contributed by atoms with van der Waals surface area (Å²) >= 11 is 1.21. The van der Waals surface area contributed by atoms with Gasteiger partial charge in [0.15, 0.2) is 0 Å². The van der Waals surface area contributed by atoms with Crippen LogP contribution >= 0.6 is 11.3 Å². The first-order valence-electron chi connectivity index (χ1n) is 6.03. The van der Waals surface area contributed by atoms with Crippen LogP contribution in [0.4, 0.5) is 5.00 Å². The van der Waals surface area contributed by atoms with Crippen molar-refractivity contribution in [2.45, 2.75) is 19.8 Å². The molecular formula is C11H13N3O5S2. The van der Waals surface area contributed by atoms with Gasteiger partial charge in [0.05, 0.1) is 12.2 Å². The molecule has 10 heteroatoms. The summed E-state index contributed by atoms with van der Waals surface area (Å²) in [6, 6.07) is 1.60. The second-order valence-electron chi connectivity index (χ2n) is 4.11. The molecule has 0 unspecified atom stereocenters. The Bertz CT molecular complexity index is 735. The van der Waals surface area contributed by atoms with Gasteiger partial charge in [-0.1, -0.05) is 5.16 Å². The molecule has 2 N–H and O–H groups in total. The summed E-state index contributed by atoms with van der Waals surface area (Å²) in [5.41, 5.74) is 0.610. The number of carbonyl (C=O) groups is 1. The third kappa shape index (κ3) is 4.26. The van der Waals surface area contributed by atoms with E-state index in [0.29, 0.717) is 16.4 Å². The highest BCUT2D eigenvalue weighted by Gasteiger charge is 2.14. The van der Waals surface area contributed by atoms with Gasteiger partial charge in [0.2, 0.25) is 21.7 Å². The first kappa shape index (κ1) is 15.4. The van der Waals surface area contributed by atoms with Gasteiger partial charge in [0.25, 0.3) is 0 Å². The average Bonchev–Trinajstić information content (AvgIpc) is 3.04. The lowest BCUT2D eigenvalue weighted by Gasteiger charge is -2.00. The van der Waals surface area contributed by atoms with E-state index < -0.39 is 16.0 Å².